The third-order valence-corrected chi connectivity index (χ3v) is 2.91. The lowest BCUT2D eigenvalue weighted by Gasteiger charge is -2.19. The minimum atomic E-state index is -0.184. The smallest absolute Gasteiger partial charge is 0.123 e. The maximum absolute atomic E-state index is 12.7. The summed E-state index contributed by atoms with van der Waals surface area (Å²) < 4.78 is 12.7. The van der Waals surface area contributed by atoms with E-state index in [0.29, 0.717) is 12.1 Å². The van der Waals surface area contributed by atoms with Crippen molar-refractivity contribution in [2.75, 3.05) is 6.61 Å². The fourth-order valence-corrected chi connectivity index (χ4v) is 1.88. The number of hydrogen-bond acceptors (Lipinski definition) is 2. The Bertz CT molecular complexity index is 313. The Balaban J connectivity index is 2.27. The summed E-state index contributed by atoms with van der Waals surface area (Å²) in [4.78, 5) is 0. The summed E-state index contributed by atoms with van der Waals surface area (Å²) >= 11 is 0. The number of aliphatic hydroxyl groups is 1. The minimum absolute atomic E-state index is 0.184. The monoisotopic (exact) mass is 239 g/mol. The van der Waals surface area contributed by atoms with Crippen molar-refractivity contribution in [1.29, 1.82) is 0 Å². The zero-order valence-corrected chi connectivity index (χ0v) is 10.6. The van der Waals surface area contributed by atoms with Gasteiger partial charge in [0.15, 0.2) is 0 Å². The second-order valence-corrected chi connectivity index (χ2v) is 4.65. The van der Waals surface area contributed by atoms with Crippen LogP contribution in [0, 0.1) is 5.82 Å². The van der Waals surface area contributed by atoms with E-state index >= 15 is 0 Å². The molecule has 0 saturated carbocycles. The van der Waals surface area contributed by atoms with Gasteiger partial charge in [-0.25, -0.2) is 4.39 Å². The van der Waals surface area contributed by atoms with Crippen LogP contribution < -0.4 is 5.32 Å². The molecule has 96 valence electrons. The van der Waals surface area contributed by atoms with Crippen LogP contribution in [0.4, 0.5) is 4.39 Å². The molecule has 0 radical (unpaired) electrons. The molecule has 1 aromatic carbocycles. The number of nitrogens with one attached hydrogen (secondary N) is 1. The molecule has 1 aromatic rings. The van der Waals surface area contributed by atoms with Crippen LogP contribution in [0.15, 0.2) is 24.3 Å². The predicted molar refractivity (Wildman–Crippen MR) is 68.5 cm³/mol. The third-order valence-electron chi connectivity index (χ3n) is 2.91. The maximum atomic E-state index is 12.7. The molecule has 0 fully saturated rings. The van der Waals surface area contributed by atoms with E-state index in [0.717, 1.165) is 24.8 Å². The molecule has 0 aliphatic rings. The van der Waals surface area contributed by atoms with Crippen LogP contribution in [0.5, 0.6) is 0 Å². The molecule has 2 atom stereocenters. The second-order valence-electron chi connectivity index (χ2n) is 4.65. The van der Waals surface area contributed by atoms with Gasteiger partial charge in [-0.05, 0) is 50.8 Å². The van der Waals surface area contributed by atoms with Gasteiger partial charge in [-0.3, -0.25) is 0 Å². The molecule has 0 heterocycles. The summed E-state index contributed by atoms with van der Waals surface area (Å²) in [6, 6.07) is 7.41. The number of aryl methyl sites for hydroxylation is 1. The van der Waals surface area contributed by atoms with Crippen molar-refractivity contribution < 1.29 is 9.50 Å². The number of aliphatic hydroxyl groups excluding tert-OH is 1. The first-order chi connectivity index (χ1) is 8.11. The summed E-state index contributed by atoms with van der Waals surface area (Å²) in [5.74, 6) is -0.184. The van der Waals surface area contributed by atoms with Gasteiger partial charge in [-0.2, -0.15) is 0 Å². The van der Waals surface area contributed by atoms with Gasteiger partial charge in [0.2, 0.25) is 0 Å². The molecule has 0 spiro atoms. The van der Waals surface area contributed by atoms with Crippen molar-refractivity contribution in [3.05, 3.63) is 35.6 Å². The molecule has 1 unspecified atom stereocenters. The van der Waals surface area contributed by atoms with Crippen LogP contribution >= 0.6 is 0 Å². The first-order valence-electron chi connectivity index (χ1n) is 6.23. The van der Waals surface area contributed by atoms with Crippen LogP contribution in [-0.2, 0) is 6.42 Å². The lowest BCUT2D eigenvalue weighted by atomic mass is 10.1. The lowest BCUT2D eigenvalue weighted by molar-refractivity contribution is 0.263. The van der Waals surface area contributed by atoms with Crippen molar-refractivity contribution in [2.24, 2.45) is 0 Å². The van der Waals surface area contributed by atoms with Crippen molar-refractivity contribution in [3.63, 3.8) is 0 Å². The molecule has 2 nitrogen and oxygen atoms in total. The Morgan fingerprint density at radius 3 is 2.29 bits per heavy atom. The zero-order valence-electron chi connectivity index (χ0n) is 10.6. The van der Waals surface area contributed by atoms with E-state index in [9.17, 15) is 4.39 Å². The van der Waals surface area contributed by atoms with Crippen molar-refractivity contribution in [1.82, 2.24) is 5.32 Å². The lowest BCUT2D eigenvalue weighted by Crippen LogP contribution is -2.35. The van der Waals surface area contributed by atoms with E-state index in [4.69, 9.17) is 5.11 Å². The molecule has 0 amide bonds. The first kappa shape index (κ1) is 14.1. The quantitative estimate of drug-likeness (QED) is 0.766. The number of benzene rings is 1. The highest BCUT2D eigenvalue weighted by Crippen LogP contribution is 2.07. The Hall–Kier alpha value is -0.930. The average Bonchev–Trinajstić information content (AvgIpc) is 2.28. The van der Waals surface area contributed by atoms with Gasteiger partial charge in [-0.15, -0.1) is 0 Å². The highest BCUT2D eigenvalue weighted by atomic mass is 19.1. The molecule has 3 heteroatoms. The van der Waals surface area contributed by atoms with Gasteiger partial charge < -0.3 is 10.4 Å². The Morgan fingerprint density at radius 2 is 1.71 bits per heavy atom. The van der Waals surface area contributed by atoms with E-state index in [-0.39, 0.29) is 12.4 Å². The molecule has 1 rings (SSSR count). The molecule has 0 saturated heterocycles. The summed E-state index contributed by atoms with van der Waals surface area (Å²) in [6.07, 6.45) is 2.74. The largest absolute Gasteiger partial charge is 0.396 e. The standard InChI is InChI=1S/C14H22FNO/c1-11(16-12(2)9-10-17)3-4-13-5-7-14(15)8-6-13/h5-8,11-12,16-17H,3-4,9-10H2,1-2H3/t11?,12-/m1/s1. The first-order valence-corrected chi connectivity index (χ1v) is 6.23. The van der Waals surface area contributed by atoms with Crippen LogP contribution in [-0.4, -0.2) is 23.8 Å². The number of halogens is 1. The molecule has 2 N–H and O–H groups in total. The van der Waals surface area contributed by atoms with Gasteiger partial charge in [0.25, 0.3) is 0 Å². The van der Waals surface area contributed by atoms with Gasteiger partial charge in [-0.1, -0.05) is 12.1 Å². The highest BCUT2D eigenvalue weighted by Gasteiger charge is 2.06. The van der Waals surface area contributed by atoms with Crippen molar-refractivity contribution >= 4 is 0 Å². The third kappa shape index (κ3) is 5.80. The SMILES string of the molecule is CC(CCc1ccc(F)cc1)N[C@H](C)CCO. The fraction of sp³-hybridized carbons (Fsp3) is 0.571. The molecule has 0 bridgehead atoms. The molecule has 0 aromatic heterocycles. The predicted octanol–water partition coefficient (Wildman–Crippen LogP) is 2.51. The van der Waals surface area contributed by atoms with E-state index < -0.39 is 0 Å². The summed E-state index contributed by atoms with van der Waals surface area (Å²) in [5, 5.41) is 12.2. The molecule has 0 aliphatic carbocycles. The van der Waals surface area contributed by atoms with Gasteiger partial charge in [0.05, 0.1) is 0 Å². The van der Waals surface area contributed by atoms with Crippen LogP contribution in [0.1, 0.15) is 32.3 Å². The highest BCUT2D eigenvalue weighted by molar-refractivity contribution is 5.16. The second kappa shape index (κ2) is 7.41. The Labute approximate surface area is 103 Å². The van der Waals surface area contributed by atoms with E-state index in [1.54, 1.807) is 0 Å². The molecular weight excluding hydrogens is 217 g/mol. The maximum Gasteiger partial charge on any atom is 0.123 e. The Kier molecular flexibility index (Phi) is 6.16. The van der Waals surface area contributed by atoms with Crippen LogP contribution in [0.2, 0.25) is 0 Å². The van der Waals surface area contributed by atoms with Crippen LogP contribution in [0.3, 0.4) is 0 Å². The van der Waals surface area contributed by atoms with E-state index in [1.807, 2.05) is 12.1 Å². The summed E-state index contributed by atoms with van der Waals surface area (Å²) in [6.45, 7) is 4.43. The topological polar surface area (TPSA) is 32.3 Å². The molecular formula is C14H22FNO. The zero-order chi connectivity index (χ0) is 12.7. The van der Waals surface area contributed by atoms with Crippen LogP contribution in [0.25, 0.3) is 0 Å². The molecule has 0 aliphatic heterocycles. The van der Waals surface area contributed by atoms with Gasteiger partial charge in [0.1, 0.15) is 5.82 Å². The minimum Gasteiger partial charge on any atom is -0.396 e. The summed E-state index contributed by atoms with van der Waals surface area (Å²) in [7, 11) is 0. The normalized spacial score (nSPS) is 14.6. The fourth-order valence-electron chi connectivity index (χ4n) is 1.88. The average molecular weight is 239 g/mol. The van der Waals surface area contributed by atoms with Crippen molar-refractivity contribution in [2.45, 2.75) is 45.2 Å². The number of rotatable bonds is 7. The van der Waals surface area contributed by atoms with E-state index in [2.05, 4.69) is 19.2 Å². The van der Waals surface area contributed by atoms with Gasteiger partial charge >= 0.3 is 0 Å². The number of hydrogen-bond donors (Lipinski definition) is 2. The van der Waals surface area contributed by atoms with Gasteiger partial charge in [0, 0.05) is 18.7 Å². The molecule has 17 heavy (non-hydrogen) atoms. The Morgan fingerprint density at radius 1 is 1.12 bits per heavy atom. The summed E-state index contributed by atoms with van der Waals surface area (Å²) in [5.41, 5.74) is 1.16. The van der Waals surface area contributed by atoms with E-state index in [1.165, 1.54) is 12.1 Å². The van der Waals surface area contributed by atoms with Crippen molar-refractivity contribution in [3.8, 4) is 0 Å².